The lowest BCUT2D eigenvalue weighted by molar-refractivity contribution is 0.0177. The minimum absolute atomic E-state index is 0.00158. The summed E-state index contributed by atoms with van der Waals surface area (Å²) in [5.74, 6) is -1.89. The highest BCUT2D eigenvalue weighted by molar-refractivity contribution is 6.34. The predicted octanol–water partition coefficient (Wildman–Crippen LogP) is 6.39. The Balaban J connectivity index is 0.000000333. The highest BCUT2D eigenvalue weighted by Crippen LogP contribution is 2.48. The Hall–Kier alpha value is -3.14. The number of aliphatic hydroxyl groups is 1. The molecule has 10 heteroatoms. The van der Waals surface area contributed by atoms with E-state index in [0.717, 1.165) is 5.56 Å². The first kappa shape index (κ1) is 28.9. The second-order valence-electron chi connectivity index (χ2n) is 9.33. The van der Waals surface area contributed by atoms with E-state index in [1.165, 1.54) is 18.2 Å². The van der Waals surface area contributed by atoms with Gasteiger partial charge in [-0.3, -0.25) is 4.79 Å². The Bertz CT molecular complexity index is 1300. The van der Waals surface area contributed by atoms with Gasteiger partial charge in [0, 0.05) is 46.7 Å². The molecule has 3 aromatic rings. The molecule has 1 saturated carbocycles. The molecule has 1 heterocycles. The van der Waals surface area contributed by atoms with Gasteiger partial charge in [0.05, 0.1) is 11.6 Å². The van der Waals surface area contributed by atoms with Crippen molar-refractivity contribution in [1.29, 1.82) is 0 Å². The lowest BCUT2D eigenvalue weighted by atomic mass is 9.81. The van der Waals surface area contributed by atoms with Gasteiger partial charge in [0.1, 0.15) is 24.3 Å². The van der Waals surface area contributed by atoms with Crippen molar-refractivity contribution in [2.24, 2.45) is 5.92 Å². The first-order valence-corrected chi connectivity index (χ1v) is 12.9. The van der Waals surface area contributed by atoms with Crippen LogP contribution in [0.5, 0.6) is 11.5 Å². The molecule has 1 fully saturated rings. The molecule has 2 N–H and O–H groups in total. The quantitative estimate of drug-likeness (QED) is 0.245. The molecule has 3 aromatic carbocycles. The van der Waals surface area contributed by atoms with E-state index in [2.05, 4.69) is 5.32 Å². The van der Waals surface area contributed by atoms with E-state index in [1.807, 2.05) is 37.4 Å². The fraction of sp³-hybridized carbons (Fsp3) is 0.345. The van der Waals surface area contributed by atoms with Gasteiger partial charge < -0.3 is 19.9 Å². The van der Waals surface area contributed by atoms with E-state index in [9.17, 15) is 18.0 Å². The van der Waals surface area contributed by atoms with Crippen LogP contribution in [0.4, 0.5) is 17.6 Å². The zero-order chi connectivity index (χ0) is 28.1. The maximum absolute atomic E-state index is 15.3. The van der Waals surface area contributed by atoms with Crippen LogP contribution in [0.1, 0.15) is 40.4 Å². The number of hydrogen-bond acceptors (Lipinski definition) is 5. The first-order valence-electron chi connectivity index (χ1n) is 12.5. The van der Waals surface area contributed by atoms with E-state index in [-0.39, 0.29) is 52.3 Å². The average Bonchev–Trinajstić information content (AvgIpc) is 3.32. The fourth-order valence-electron chi connectivity index (χ4n) is 4.74. The second kappa shape index (κ2) is 12.8. The van der Waals surface area contributed by atoms with Gasteiger partial charge in [-0.1, -0.05) is 41.9 Å². The molecule has 2 aliphatic rings. The molecule has 0 spiro atoms. The monoisotopic (exact) mass is 565 g/mol. The third kappa shape index (κ3) is 6.21. The van der Waals surface area contributed by atoms with E-state index in [1.54, 1.807) is 0 Å². The molecular formula is C29H28ClF4NO4. The van der Waals surface area contributed by atoms with Crippen molar-refractivity contribution in [2.75, 3.05) is 20.3 Å². The Morgan fingerprint density at radius 2 is 1.87 bits per heavy atom. The van der Waals surface area contributed by atoms with Crippen molar-refractivity contribution < 1.29 is 36.9 Å². The molecule has 1 atom stereocenters. The second-order valence-corrected chi connectivity index (χ2v) is 9.71. The average molecular weight is 566 g/mol. The minimum atomic E-state index is -2.10. The number of ether oxygens (including phenoxy) is 2. The molecule has 1 aliphatic carbocycles. The van der Waals surface area contributed by atoms with Gasteiger partial charge in [-0.05, 0) is 37.6 Å². The number of carbonyl (C=O) groups excluding carboxylic acids is 1. The molecule has 0 bridgehead atoms. The molecule has 0 radical (unpaired) electrons. The van der Waals surface area contributed by atoms with Crippen LogP contribution < -0.4 is 14.8 Å². The van der Waals surface area contributed by atoms with Crippen molar-refractivity contribution in [2.45, 2.75) is 37.8 Å². The zero-order valence-corrected chi connectivity index (χ0v) is 21.9. The van der Waals surface area contributed by atoms with Crippen LogP contribution in [0.25, 0.3) is 11.1 Å². The third-order valence-corrected chi connectivity index (χ3v) is 7.29. The summed E-state index contributed by atoms with van der Waals surface area (Å²) in [5, 5.41) is 11.6. The molecule has 1 unspecified atom stereocenters. The summed E-state index contributed by atoms with van der Waals surface area (Å²) in [6, 6.07) is 13.6. The summed E-state index contributed by atoms with van der Waals surface area (Å²) >= 11 is 6.27. The molecule has 0 saturated heterocycles. The Morgan fingerprint density at radius 3 is 2.49 bits per heavy atom. The predicted molar refractivity (Wildman–Crippen MR) is 140 cm³/mol. The number of nitrogens with one attached hydrogen (secondary N) is 1. The van der Waals surface area contributed by atoms with Crippen LogP contribution in [0.15, 0.2) is 48.5 Å². The van der Waals surface area contributed by atoms with E-state index in [4.69, 9.17) is 26.2 Å². The molecule has 0 amide bonds. The summed E-state index contributed by atoms with van der Waals surface area (Å²) in [7, 11) is 1.81. The molecule has 208 valence electrons. The summed E-state index contributed by atoms with van der Waals surface area (Å²) in [6.07, 6.45) is -0.396. The van der Waals surface area contributed by atoms with Gasteiger partial charge in [-0.2, -0.15) is 0 Å². The zero-order valence-electron chi connectivity index (χ0n) is 21.1. The maximum Gasteiger partial charge on any atom is 0.241 e. The Kier molecular flexibility index (Phi) is 9.48. The number of rotatable bonds is 8. The van der Waals surface area contributed by atoms with Crippen LogP contribution in [0.3, 0.4) is 0 Å². The van der Waals surface area contributed by atoms with Gasteiger partial charge in [0.2, 0.25) is 6.43 Å². The van der Waals surface area contributed by atoms with Gasteiger partial charge in [-0.25, -0.2) is 17.6 Å². The summed E-state index contributed by atoms with van der Waals surface area (Å²) in [4.78, 5) is 11.6. The van der Waals surface area contributed by atoms with Gasteiger partial charge in [-0.15, -0.1) is 0 Å². The van der Waals surface area contributed by atoms with E-state index >= 15 is 4.39 Å². The highest BCUT2D eigenvalue weighted by Gasteiger charge is 2.34. The number of aldehydes is 1. The SMILES string of the molecule is CNC1CC(C(F)F)C1.O=Cc1ccc(OCCO)c(F)c1-c1c(Cl)c(F)cc2c1CC(c1ccccc1)O2. The summed E-state index contributed by atoms with van der Waals surface area (Å²) < 4.78 is 64.6. The molecule has 1 aliphatic heterocycles. The van der Waals surface area contributed by atoms with Crippen molar-refractivity contribution in [1.82, 2.24) is 5.32 Å². The van der Waals surface area contributed by atoms with Gasteiger partial charge >= 0.3 is 0 Å². The maximum atomic E-state index is 15.3. The third-order valence-electron chi connectivity index (χ3n) is 6.92. The standard InChI is InChI=1S/C23H17ClF2O4.C6H11F2N/c24-22-16(25)11-19-15(10-18(30-19)13-4-2-1-3-5-13)21(22)20-14(12-28)6-7-17(23(20)26)29-9-8-27;1-9-5-2-4(3-5)6(7)8/h1-7,11-12,18,27H,8-10H2;4-6,9H,2-3H2,1H3. The number of fused-ring (bicyclic) bond motifs is 1. The number of hydrogen-bond donors (Lipinski definition) is 2. The number of halogens is 5. The van der Waals surface area contributed by atoms with Crippen LogP contribution in [-0.2, 0) is 6.42 Å². The molecule has 39 heavy (non-hydrogen) atoms. The van der Waals surface area contributed by atoms with E-state index in [0.29, 0.717) is 37.2 Å². The number of alkyl halides is 2. The van der Waals surface area contributed by atoms with Crippen molar-refractivity contribution in [3.8, 4) is 22.6 Å². The number of carbonyl (C=O) groups is 1. The number of benzene rings is 3. The highest BCUT2D eigenvalue weighted by atomic mass is 35.5. The van der Waals surface area contributed by atoms with Crippen LogP contribution in [0, 0.1) is 17.6 Å². The van der Waals surface area contributed by atoms with Crippen LogP contribution >= 0.6 is 11.6 Å². The Labute approximate surface area is 228 Å². The van der Waals surface area contributed by atoms with Crippen molar-refractivity contribution >= 4 is 17.9 Å². The Morgan fingerprint density at radius 1 is 1.15 bits per heavy atom. The lowest BCUT2D eigenvalue weighted by Crippen LogP contribution is -2.41. The first-order chi connectivity index (χ1) is 18.8. The van der Waals surface area contributed by atoms with Crippen LogP contribution in [-0.4, -0.2) is 44.1 Å². The smallest absolute Gasteiger partial charge is 0.241 e. The van der Waals surface area contributed by atoms with Gasteiger partial charge in [0.15, 0.2) is 17.9 Å². The molecule has 5 nitrogen and oxygen atoms in total. The van der Waals surface area contributed by atoms with Crippen molar-refractivity contribution in [3.63, 3.8) is 0 Å². The molecule has 0 aromatic heterocycles. The fourth-order valence-corrected chi connectivity index (χ4v) is 5.00. The summed E-state index contributed by atoms with van der Waals surface area (Å²) in [6.45, 7) is -0.447. The lowest BCUT2D eigenvalue weighted by Gasteiger charge is -2.34. The van der Waals surface area contributed by atoms with Gasteiger partial charge in [0.25, 0.3) is 0 Å². The van der Waals surface area contributed by atoms with E-state index < -0.39 is 24.2 Å². The van der Waals surface area contributed by atoms with Crippen LogP contribution in [0.2, 0.25) is 5.02 Å². The largest absolute Gasteiger partial charge is 0.488 e. The van der Waals surface area contributed by atoms with Crippen molar-refractivity contribution in [3.05, 3.63) is 81.9 Å². The molecule has 5 rings (SSSR count). The minimum Gasteiger partial charge on any atom is -0.488 e. The molecular weight excluding hydrogens is 538 g/mol. The topological polar surface area (TPSA) is 67.8 Å². The number of aliphatic hydroxyl groups excluding tert-OH is 1. The summed E-state index contributed by atoms with van der Waals surface area (Å²) in [5.41, 5.74) is 1.31. The normalized spacial score (nSPS) is 19.4.